The second-order valence-corrected chi connectivity index (χ2v) is 7.55. The third-order valence-electron chi connectivity index (χ3n) is 2.93. The van der Waals surface area contributed by atoms with E-state index in [-0.39, 0.29) is 11.8 Å². The number of aliphatic imine (C=N–C) groups is 1. The zero-order valence-corrected chi connectivity index (χ0v) is 14.2. The van der Waals surface area contributed by atoms with Gasteiger partial charge in [0, 0.05) is 25.4 Å². The van der Waals surface area contributed by atoms with E-state index < -0.39 is 9.84 Å². The lowest BCUT2D eigenvalue weighted by Gasteiger charge is -2.17. The first kappa shape index (κ1) is 19.2. The van der Waals surface area contributed by atoms with E-state index in [1.54, 1.807) is 0 Å². The predicted octanol–water partition coefficient (Wildman–Crippen LogP) is 1.95. The molecule has 0 aliphatic carbocycles. The molecule has 0 aromatic heterocycles. The first-order valence-electron chi connectivity index (χ1n) is 7.61. The van der Waals surface area contributed by atoms with Gasteiger partial charge in [0.25, 0.3) is 0 Å². The van der Waals surface area contributed by atoms with Gasteiger partial charge in [-0.15, -0.1) is 0 Å². The minimum absolute atomic E-state index is 0.0955. The minimum Gasteiger partial charge on any atom is -0.357 e. The molecule has 0 aromatic carbocycles. The molecule has 0 amide bonds. The molecule has 0 fully saturated rings. The van der Waals surface area contributed by atoms with Crippen LogP contribution in [0.2, 0.25) is 0 Å². The Bertz CT molecular complexity index is 367. The number of nitrogens with one attached hydrogen (secondary N) is 2. The lowest BCUT2D eigenvalue weighted by atomic mass is 10.2. The summed E-state index contributed by atoms with van der Waals surface area (Å²) in [7, 11) is -2.89. The number of hydrogen-bond acceptors (Lipinski definition) is 3. The average molecular weight is 305 g/mol. The van der Waals surface area contributed by atoms with Crippen molar-refractivity contribution in [3.8, 4) is 0 Å². The molecular weight excluding hydrogens is 274 g/mol. The molecule has 1 unspecified atom stereocenters. The number of sulfone groups is 1. The Hall–Kier alpha value is -0.780. The van der Waals surface area contributed by atoms with E-state index in [4.69, 9.17) is 0 Å². The molecule has 6 heteroatoms. The molecule has 1 atom stereocenters. The van der Waals surface area contributed by atoms with Gasteiger partial charge >= 0.3 is 0 Å². The summed E-state index contributed by atoms with van der Waals surface area (Å²) >= 11 is 0. The summed E-state index contributed by atoms with van der Waals surface area (Å²) in [6, 6.07) is 0.0955. The fourth-order valence-corrected chi connectivity index (χ4v) is 2.53. The van der Waals surface area contributed by atoms with E-state index in [0.717, 1.165) is 25.5 Å². The molecule has 120 valence electrons. The van der Waals surface area contributed by atoms with Gasteiger partial charge in [0.1, 0.15) is 9.84 Å². The van der Waals surface area contributed by atoms with Gasteiger partial charge in [0.2, 0.25) is 0 Å². The summed E-state index contributed by atoms with van der Waals surface area (Å²) in [4.78, 5) is 4.51. The summed E-state index contributed by atoms with van der Waals surface area (Å²) < 4.78 is 22.3. The number of rotatable bonds is 10. The van der Waals surface area contributed by atoms with Gasteiger partial charge in [0.15, 0.2) is 5.96 Å². The Morgan fingerprint density at radius 2 is 1.90 bits per heavy atom. The Morgan fingerprint density at radius 1 is 1.20 bits per heavy atom. The Kier molecular flexibility index (Phi) is 10.5. The van der Waals surface area contributed by atoms with Crippen molar-refractivity contribution in [3.05, 3.63) is 0 Å². The van der Waals surface area contributed by atoms with E-state index in [1.807, 2.05) is 13.8 Å². The number of unbranched alkanes of at least 4 members (excludes halogenated alkanes) is 3. The zero-order chi connectivity index (χ0) is 15.4. The molecule has 0 radical (unpaired) electrons. The first-order chi connectivity index (χ1) is 9.39. The van der Waals surface area contributed by atoms with Gasteiger partial charge < -0.3 is 10.6 Å². The SMILES string of the molecule is CCCCCCN=C(NCC)NC(C)CCS(C)(=O)=O. The highest BCUT2D eigenvalue weighted by atomic mass is 32.2. The van der Waals surface area contributed by atoms with Crippen molar-refractivity contribution in [2.75, 3.05) is 25.1 Å². The highest BCUT2D eigenvalue weighted by molar-refractivity contribution is 7.90. The second kappa shape index (κ2) is 10.9. The topological polar surface area (TPSA) is 70.6 Å². The maximum absolute atomic E-state index is 11.1. The fourth-order valence-electron chi connectivity index (χ4n) is 1.75. The minimum atomic E-state index is -2.89. The largest absolute Gasteiger partial charge is 0.357 e. The van der Waals surface area contributed by atoms with Crippen LogP contribution in [0.25, 0.3) is 0 Å². The molecule has 0 rings (SSSR count). The maximum atomic E-state index is 11.1. The van der Waals surface area contributed by atoms with E-state index in [0.29, 0.717) is 6.42 Å². The normalized spacial score (nSPS) is 14.1. The molecule has 0 aliphatic rings. The fraction of sp³-hybridized carbons (Fsp3) is 0.929. The maximum Gasteiger partial charge on any atom is 0.191 e. The number of hydrogen-bond donors (Lipinski definition) is 2. The van der Waals surface area contributed by atoms with Crippen molar-refractivity contribution in [3.63, 3.8) is 0 Å². The Balaban J connectivity index is 4.13. The molecule has 0 saturated carbocycles. The van der Waals surface area contributed by atoms with Crippen molar-refractivity contribution < 1.29 is 8.42 Å². The van der Waals surface area contributed by atoms with Crippen LogP contribution in [0.3, 0.4) is 0 Å². The van der Waals surface area contributed by atoms with Gasteiger partial charge in [-0.1, -0.05) is 26.2 Å². The van der Waals surface area contributed by atoms with E-state index in [1.165, 1.54) is 25.5 Å². The average Bonchev–Trinajstić information content (AvgIpc) is 2.35. The van der Waals surface area contributed by atoms with Crippen LogP contribution in [0.15, 0.2) is 4.99 Å². The molecule has 5 nitrogen and oxygen atoms in total. The monoisotopic (exact) mass is 305 g/mol. The summed E-state index contributed by atoms with van der Waals surface area (Å²) in [5, 5.41) is 6.45. The van der Waals surface area contributed by atoms with Crippen molar-refractivity contribution in [1.82, 2.24) is 10.6 Å². The van der Waals surface area contributed by atoms with Gasteiger partial charge in [-0.05, 0) is 26.7 Å². The summed E-state index contributed by atoms with van der Waals surface area (Å²) in [5.74, 6) is 0.988. The first-order valence-corrected chi connectivity index (χ1v) is 9.67. The van der Waals surface area contributed by atoms with E-state index in [9.17, 15) is 8.42 Å². The number of guanidine groups is 1. The van der Waals surface area contributed by atoms with Crippen LogP contribution in [0.5, 0.6) is 0 Å². The van der Waals surface area contributed by atoms with Crippen LogP contribution < -0.4 is 10.6 Å². The lowest BCUT2D eigenvalue weighted by molar-refractivity contribution is 0.580. The van der Waals surface area contributed by atoms with E-state index >= 15 is 0 Å². The van der Waals surface area contributed by atoms with Gasteiger partial charge in [-0.2, -0.15) is 0 Å². The molecule has 0 aromatic rings. The van der Waals surface area contributed by atoms with Gasteiger partial charge in [-0.25, -0.2) is 8.42 Å². The third kappa shape index (κ3) is 12.3. The Morgan fingerprint density at radius 3 is 2.45 bits per heavy atom. The van der Waals surface area contributed by atoms with Crippen LogP contribution in [0.4, 0.5) is 0 Å². The van der Waals surface area contributed by atoms with Crippen molar-refractivity contribution in [2.24, 2.45) is 4.99 Å². The summed E-state index contributed by atoms with van der Waals surface area (Å²) in [6.45, 7) is 7.82. The molecule has 0 spiro atoms. The molecule has 0 saturated heterocycles. The second-order valence-electron chi connectivity index (χ2n) is 5.29. The van der Waals surface area contributed by atoms with Crippen molar-refractivity contribution in [1.29, 1.82) is 0 Å². The Labute approximate surface area is 124 Å². The van der Waals surface area contributed by atoms with Crippen LogP contribution in [-0.4, -0.2) is 45.5 Å². The molecule has 0 aliphatic heterocycles. The third-order valence-corrected chi connectivity index (χ3v) is 3.91. The molecule has 2 N–H and O–H groups in total. The molecule has 0 bridgehead atoms. The lowest BCUT2D eigenvalue weighted by Crippen LogP contribution is -2.42. The quantitative estimate of drug-likeness (QED) is 0.368. The van der Waals surface area contributed by atoms with E-state index in [2.05, 4.69) is 22.5 Å². The molecule has 20 heavy (non-hydrogen) atoms. The van der Waals surface area contributed by atoms with Crippen molar-refractivity contribution >= 4 is 15.8 Å². The van der Waals surface area contributed by atoms with Gasteiger partial charge in [0.05, 0.1) is 5.75 Å². The smallest absolute Gasteiger partial charge is 0.191 e. The highest BCUT2D eigenvalue weighted by Gasteiger charge is 2.09. The van der Waals surface area contributed by atoms with Crippen LogP contribution in [-0.2, 0) is 9.84 Å². The molecule has 0 heterocycles. The van der Waals surface area contributed by atoms with Gasteiger partial charge in [-0.3, -0.25) is 4.99 Å². The van der Waals surface area contributed by atoms with Crippen LogP contribution >= 0.6 is 0 Å². The van der Waals surface area contributed by atoms with Crippen LogP contribution in [0.1, 0.15) is 52.9 Å². The summed E-state index contributed by atoms with van der Waals surface area (Å²) in [6.07, 6.45) is 6.66. The predicted molar refractivity (Wildman–Crippen MR) is 87.0 cm³/mol. The standard InChI is InChI=1S/C14H31N3O2S/c1-5-7-8-9-11-16-14(15-6-2)17-13(3)10-12-20(4,18)19/h13H,5-12H2,1-4H3,(H2,15,16,17). The number of nitrogens with zero attached hydrogens (tertiary/aromatic N) is 1. The highest BCUT2D eigenvalue weighted by Crippen LogP contribution is 1.99. The zero-order valence-electron chi connectivity index (χ0n) is 13.4. The summed E-state index contributed by atoms with van der Waals surface area (Å²) in [5.41, 5.74) is 0. The van der Waals surface area contributed by atoms with Crippen molar-refractivity contribution in [2.45, 2.75) is 58.9 Å². The molecular formula is C14H31N3O2S. The van der Waals surface area contributed by atoms with Crippen LogP contribution in [0, 0.1) is 0 Å².